The minimum Gasteiger partial charge on any atom is -0.452 e. The molecule has 5 heteroatoms. The van der Waals surface area contributed by atoms with Gasteiger partial charge in [-0.3, -0.25) is 9.69 Å². The second-order valence-electron chi connectivity index (χ2n) is 8.24. The Morgan fingerprint density at radius 2 is 1.69 bits per heavy atom. The van der Waals surface area contributed by atoms with Crippen LogP contribution in [0.5, 0.6) is 0 Å². The van der Waals surface area contributed by atoms with E-state index in [-0.39, 0.29) is 24.0 Å². The Balaban J connectivity index is 1.35. The van der Waals surface area contributed by atoms with E-state index in [4.69, 9.17) is 4.74 Å². The molecule has 0 spiro atoms. The van der Waals surface area contributed by atoms with Gasteiger partial charge in [0, 0.05) is 18.7 Å². The van der Waals surface area contributed by atoms with Crippen molar-refractivity contribution in [2.75, 3.05) is 24.5 Å². The summed E-state index contributed by atoms with van der Waals surface area (Å²) < 4.78 is 6.07. The summed E-state index contributed by atoms with van der Waals surface area (Å²) in [5.41, 5.74) is 3.80. The van der Waals surface area contributed by atoms with Crippen molar-refractivity contribution in [3.8, 4) is 0 Å². The number of benzene rings is 2. The number of nitrogens with zero attached hydrogens (tertiary/aromatic N) is 2. The van der Waals surface area contributed by atoms with Crippen molar-refractivity contribution in [3.05, 3.63) is 65.2 Å². The maximum Gasteiger partial charge on any atom is 0.338 e. The monoisotopic (exact) mass is 390 g/mol. The quantitative estimate of drug-likeness (QED) is 0.747. The highest BCUT2D eigenvalue weighted by Gasteiger charge is 2.39. The van der Waals surface area contributed by atoms with Crippen molar-refractivity contribution < 1.29 is 14.3 Å². The number of rotatable bonds is 4. The van der Waals surface area contributed by atoms with E-state index in [0.717, 1.165) is 43.7 Å². The third-order valence-corrected chi connectivity index (χ3v) is 6.47. The largest absolute Gasteiger partial charge is 0.452 e. The molecule has 2 heterocycles. The van der Waals surface area contributed by atoms with E-state index in [1.54, 1.807) is 17.0 Å². The van der Waals surface area contributed by atoms with Crippen LogP contribution in [0, 0.1) is 0 Å². The van der Waals surface area contributed by atoms with Crippen molar-refractivity contribution in [3.63, 3.8) is 0 Å². The summed E-state index contributed by atoms with van der Waals surface area (Å²) in [5, 5.41) is 0. The van der Waals surface area contributed by atoms with Crippen LogP contribution in [0.25, 0.3) is 0 Å². The van der Waals surface area contributed by atoms with Crippen LogP contribution in [0.15, 0.2) is 48.5 Å². The Hall–Kier alpha value is -2.66. The minimum atomic E-state index is -0.296. The molecule has 0 saturated carbocycles. The number of hydrogen-bond acceptors (Lipinski definition) is 4. The molecule has 2 aromatic rings. The number of ether oxygens (including phenoxy) is 1. The first kappa shape index (κ1) is 18.4. The molecule has 2 aliphatic heterocycles. The standard InChI is InChI=1S/C24H26N2O3/c27-22-8-5-15-26(22)19-11-9-17(10-12-19)24(28)29-23-20-7-2-1-6-18(20)16-21(23)25-13-3-4-14-25/h1-2,6-7,9-12,21,23H,3-5,8,13-16H2/t21-,23-/m0/s1. The van der Waals surface area contributed by atoms with Gasteiger partial charge in [-0.1, -0.05) is 24.3 Å². The van der Waals surface area contributed by atoms with E-state index in [2.05, 4.69) is 23.1 Å². The Bertz CT molecular complexity index is 918. The maximum absolute atomic E-state index is 12.9. The molecular weight excluding hydrogens is 364 g/mol. The van der Waals surface area contributed by atoms with Crippen LogP contribution < -0.4 is 4.90 Å². The molecule has 5 rings (SSSR count). The van der Waals surface area contributed by atoms with Crippen LogP contribution in [-0.4, -0.2) is 42.5 Å². The van der Waals surface area contributed by atoms with Crippen molar-refractivity contribution in [1.29, 1.82) is 0 Å². The van der Waals surface area contributed by atoms with E-state index in [1.165, 1.54) is 18.4 Å². The van der Waals surface area contributed by atoms with Crippen LogP contribution in [0.3, 0.4) is 0 Å². The summed E-state index contributed by atoms with van der Waals surface area (Å²) in [5.74, 6) is -0.147. The first-order valence-corrected chi connectivity index (χ1v) is 10.6. The molecule has 29 heavy (non-hydrogen) atoms. The first-order valence-electron chi connectivity index (χ1n) is 10.6. The number of fused-ring (bicyclic) bond motifs is 1. The third kappa shape index (κ3) is 3.44. The third-order valence-electron chi connectivity index (χ3n) is 6.47. The summed E-state index contributed by atoms with van der Waals surface area (Å²) >= 11 is 0. The van der Waals surface area contributed by atoms with Gasteiger partial charge in [0.2, 0.25) is 5.91 Å². The molecule has 0 N–H and O–H groups in total. The van der Waals surface area contributed by atoms with Gasteiger partial charge >= 0.3 is 5.97 Å². The fraction of sp³-hybridized carbons (Fsp3) is 0.417. The van der Waals surface area contributed by atoms with Gasteiger partial charge in [0.1, 0.15) is 6.10 Å². The topological polar surface area (TPSA) is 49.9 Å². The molecule has 0 unspecified atom stereocenters. The van der Waals surface area contributed by atoms with Crippen LogP contribution in [0.4, 0.5) is 5.69 Å². The van der Waals surface area contributed by atoms with Crippen molar-refractivity contribution >= 4 is 17.6 Å². The molecule has 3 aliphatic rings. The molecule has 0 aromatic heterocycles. The van der Waals surface area contributed by atoms with E-state index in [9.17, 15) is 9.59 Å². The van der Waals surface area contributed by atoms with Gasteiger partial charge in [-0.25, -0.2) is 4.79 Å². The Morgan fingerprint density at radius 1 is 0.931 bits per heavy atom. The Morgan fingerprint density at radius 3 is 2.41 bits per heavy atom. The molecule has 2 atom stereocenters. The SMILES string of the molecule is O=C(O[C@H]1c2ccccc2C[C@@H]1N1CCCC1)c1ccc(N2CCCC2=O)cc1. The Labute approximate surface area is 171 Å². The van der Waals surface area contributed by atoms with Crippen LogP contribution >= 0.6 is 0 Å². The lowest BCUT2D eigenvalue weighted by Crippen LogP contribution is -2.37. The summed E-state index contributed by atoms with van der Waals surface area (Å²) in [4.78, 5) is 29.1. The van der Waals surface area contributed by atoms with Gasteiger partial charge in [-0.05, 0) is 74.2 Å². The highest BCUT2D eigenvalue weighted by atomic mass is 16.5. The molecule has 2 saturated heterocycles. The van der Waals surface area contributed by atoms with Crippen molar-refractivity contribution in [2.45, 2.75) is 44.2 Å². The lowest BCUT2D eigenvalue weighted by molar-refractivity contribution is -0.117. The highest BCUT2D eigenvalue weighted by molar-refractivity contribution is 5.96. The zero-order chi connectivity index (χ0) is 19.8. The van der Waals surface area contributed by atoms with Gasteiger partial charge in [0.15, 0.2) is 0 Å². The minimum absolute atomic E-state index is 0.149. The molecule has 5 nitrogen and oxygen atoms in total. The maximum atomic E-state index is 12.9. The van der Waals surface area contributed by atoms with E-state index in [1.807, 2.05) is 18.2 Å². The lowest BCUT2D eigenvalue weighted by atomic mass is 10.1. The number of hydrogen-bond donors (Lipinski definition) is 0. The molecule has 1 aliphatic carbocycles. The number of anilines is 1. The number of carbonyl (C=O) groups is 2. The normalized spacial score (nSPS) is 24.1. The lowest BCUT2D eigenvalue weighted by Gasteiger charge is -2.29. The highest BCUT2D eigenvalue weighted by Crippen LogP contribution is 2.39. The molecule has 1 amide bonds. The molecule has 150 valence electrons. The van der Waals surface area contributed by atoms with Crippen LogP contribution in [-0.2, 0) is 16.0 Å². The fourth-order valence-electron chi connectivity index (χ4n) is 4.96. The number of likely N-dealkylation sites (tertiary alicyclic amines) is 1. The summed E-state index contributed by atoms with van der Waals surface area (Å²) in [6.45, 7) is 2.90. The zero-order valence-corrected chi connectivity index (χ0v) is 16.5. The predicted molar refractivity (Wildman–Crippen MR) is 111 cm³/mol. The summed E-state index contributed by atoms with van der Waals surface area (Å²) in [7, 11) is 0. The van der Waals surface area contributed by atoms with Crippen molar-refractivity contribution in [1.82, 2.24) is 4.90 Å². The van der Waals surface area contributed by atoms with Gasteiger partial charge in [0.05, 0.1) is 11.6 Å². The number of esters is 1. The van der Waals surface area contributed by atoms with Crippen LogP contribution in [0.2, 0.25) is 0 Å². The van der Waals surface area contributed by atoms with E-state index in [0.29, 0.717) is 12.0 Å². The molecule has 2 fully saturated rings. The Kier molecular flexibility index (Phi) is 4.84. The van der Waals surface area contributed by atoms with Gasteiger partial charge in [-0.15, -0.1) is 0 Å². The molecular formula is C24H26N2O3. The van der Waals surface area contributed by atoms with E-state index >= 15 is 0 Å². The van der Waals surface area contributed by atoms with Gasteiger partial charge in [-0.2, -0.15) is 0 Å². The number of carbonyl (C=O) groups excluding carboxylic acids is 2. The predicted octanol–water partition coefficient (Wildman–Crippen LogP) is 3.73. The van der Waals surface area contributed by atoms with Crippen molar-refractivity contribution in [2.24, 2.45) is 0 Å². The average Bonchev–Trinajstić information content (AvgIpc) is 3.48. The first-order chi connectivity index (χ1) is 14.2. The van der Waals surface area contributed by atoms with Crippen LogP contribution in [0.1, 0.15) is 53.3 Å². The molecule has 0 bridgehead atoms. The molecule has 2 aromatic carbocycles. The average molecular weight is 390 g/mol. The second kappa shape index (κ2) is 7.64. The fourth-order valence-corrected chi connectivity index (χ4v) is 4.96. The van der Waals surface area contributed by atoms with Gasteiger partial charge < -0.3 is 9.64 Å². The van der Waals surface area contributed by atoms with E-state index < -0.39 is 0 Å². The summed E-state index contributed by atoms with van der Waals surface area (Å²) in [6, 6.07) is 15.8. The second-order valence-corrected chi connectivity index (χ2v) is 8.24. The zero-order valence-electron chi connectivity index (χ0n) is 16.5. The van der Waals surface area contributed by atoms with Gasteiger partial charge in [0.25, 0.3) is 0 Å². The smallest absolute Gasteiger partial charge is 0.338 e. The summed E-state index contributed by atoms with van der Waals surface area (Å²) in [6.07, 6.45) is 4.62. The molecule has 0 radical (unpaired) electrons. The number of amides is 1.